The molecule has 0 fully saturated rings. The quantitative estimate of drug-likeness (QED) is 0.0847. The molecule has 2 aliphatic rings. The van der Waals surface area contributed by atoms with E-state index >= 15 is 0 Å². The van der Waals surface area contributed by atoms with Gasteiger partial charge in [0, 0.05) is 23.1 Å². The summed E-state index contributed by atoms with van der Waals surface area (Å²) in [5.41, 5.74) is 3.23. The molecular weight excluding hydrogens is 614 g/mol. The van der Waals surface area contributed by atoms with Crippen molar-refractivity contribution in [3.63, 3.8) is 0 Å². The van der Waals surface area contributed by atoms with Crippen LogP contribution in [0.25, 0.3) is 5.57 Å². The molecule has 1 unspecified atom stereocenters. The Morgan fingerprint density at radius 2 is 1.49 bits per heavy atom. The fraction of sp³-hybridized carbons (Fsp3) is 0.286. The summed E-state index contributed by atoms with van der Waals surface area (Å²) in [5, 5.41) is 66.1. The highest BCUT2D eigenvalue weighted by molar-refractivity contribution is 5.98. The highest BCUT2D eigenvalue weighted by atomic mass is 16.4. The predicted molar refractivity (Wildman–Crippen MR) is 197 cm³/mol. The maximum Gasteiger partial charge on any atom is 0.208 e. The first-order chi connectivity index (χ1) is 23.2. The first kappa shape index (κ1) is 34.8. The molecule has 6 N–H and O–H groups in total. The molecule has 0 heterocycles. The molecule has 0 amide bonds. The number of phenols is 6. The van der Waals surface area contributed by atoms with Gasteiger partial charge in [0.25, 0.3) is 0 Å². The molecule has 1 atom stereocenters. The number of hydrogen-bond donors (Lipinski definition) is 6. The van der Waals surface area contributed by atoms with Crippen LogP contribution in [0.15, 0.2) is 91.1 Å². The summed E-state index contributed by atoms with van der Waals surface area (Å²) in [4.78, 5) is 1.48. The van der Waals surface area contributed by atoms with Gasteiger partial charge in [0.15, 0.2) is 11.5 Å². The van der Waals surface area contributed by atoms with Crippen molar-refractivity contribution in [2.24, 2.45) is 11.3 Å². The Morgan fingerprint density at radius 3 is 2.18 bits per heavy atom. The summed E-state index contributed by atoms with van der Waals surface area (Å²) >= 11 is 0. The van der Waals surface area contributed by atoms with Crippen LogP contribution in [-0.2, 0) is 5.41 Å². The summed E-state index contributed by atoms with van der Waals surface area (Å²) in [6, 6.07) is 10.6. The van der Waals surface area contributed by atoms with E-state index in [-0.39, 0.29) is 11.2 Å². The number of allylic oxidation sites excluding steroid dienone is 9. The summed E-state index contributed by atoms with van der Waals surface area (Å²) < 4.78 is 0. The lowest BCUT2D eigenvalue weighted by Gasteiger charge is -2.44. The molecule has 3 aromatic rings. The lowest BCUT2D eigenvalue weighted by atomic mass is 9.60. The third kappa shape index (κ3) is 6.51. The van der Waals surface area contributed by atoms with Crippen molar-refractivity contribution in [1.29, 1.82) is 0 Å². The van der Waals surface area contributed by atoms with Gasteiger partial charge in [-0.2, -0.15) is 0 Å². The topological polar surface area (TPSA) is 125 Å². The monoisotopic (exact) mass is 659 g/mol. The van der Waals surface area contributed by atoms with Crippen LogP contribution in [0.5, 0.6) is 34.5 Å². The molecule has 254 valence electrons. The summed E-state index contributed by atoms with van der Waals surface area (Å²) in [6.07, 6.45) is 16.7. The van der Waals surface area contributed by atoms with Gasteiger partial charge in [-0.05, 0) is 78.5 Å². The van der Waals surface area contributed by atoms with Crippen molar-refractivity contribution in [3.8, 4) is 46.3 Å². The normalized spacial score (nSPS) is 19.9. The van der Waals surface area contributed by atoms with Crippen LogP contribution in [0.2, 0.25) is 0 Å². The molecule has 49 heavy (non-hydrogen) atoms. The Balaban J connectivity index is 1.91. The minimum atomic E-state index is -1.07. The van der Waals surface area contributed by atoms with Gasteiger partial charge in [0.1, 0.15) is 11.4 Å². The van der Waals surface area contributed by atoms with Gasteiger partial charge in [0.05, 0.1) is 11.3 Å². The van der Waals surface area contributed by atoms with Crippen molar-refractivity contribution < 1.29 is 30.6 Å². The van der Waals surface area contributed by atoms with E-state index in [0.29, 0.717) is 34.9 Å². The fourth-order valence-corrected chi connectivity index (χ4v) is 7.33. The van der Waals surface area contributed by atoms with Crippen molar-refractivity contribution in [2.75, 3.05) is 4.90 Å². The van der Waals surface area contributed by atoms with Gasteiger partial charge in [-0.1, -0.05) is 101 Å². The minimum absolute atomic E-state index is 0.107. The largest absolute Gasteiger partial charge is 0.507 e. The predicted octanol–water partition coefficient (Wildman–Crippen LogP) is 9.82. The van der Waals surface area contributed by atoms with E-state index in [1.165, 1.54) is 11.0 Å². The molecule has 7 nitrogen and oxygen atoms in total. The number of rotatable bonds is 7. The lowest BCUT2D eigenvalue weighted by molar-refractivity contribution is 0.234. The van der Waals surface area contributed by atoms with Crippen LogP contribution in [0.4, 0.5) is 17.1 Å². The zero-order chi connectivity index (χ0) is 35.7. The maximum atomic E-state index is 11.4. The fourth-order valence-electron chi connectivity index (χ4n) is 7.33. The zero-order valence-corrected chi connectivity index (χ0v) is 28.7. The van der Waals surface area contributed by atoms with Gasteiger partial charge in [0.2, 0.25) is 17.2 Å². The number of nitrogens with zero attached hydrogens (tertiary/aromatic N) is 1. The molecule has 0 aliphatic heterocycles. The molecule has 0 saturated carbocycles. The molecular formula is C42H45NO6. The van der Waals surface area contributed by atoms with Gasteiger partial charge in [-0.15, -0.1) is 0 Å². The molecule has 5 rings (SSSR count). The van der Waals surface area contributed by atoms with Crippen LogP contribution in [0.1, 0.15) is 70.1 Å². The van der Waals surface area contributed by atoms with E-state index in [1.807, 2.05) is 37.3 Å². The molecule has 0 saturated heterocycles. The van der Waals surface area contributed by atoms with Gasteiger partial charge >= 0.3 is 0 Å². The minimum Gasteiger partial charge on any atom is -0.507 e. The van der Waals surface area contributed by atoms with Gasteiger partial charge < -0.3 is 35.5 Å². The average molecular weight is 660 g/mol. The Kier molecular flexibility index (Phi) is 9.64. The standard InChI is InChI=1S/C42H45NO6/c1-26(2)24-42(25-41(5,6)23-13-9-10-16-27(42)3)30-19-14-20-31(28(30)4)43(35-36(45)38(47)40(49)39(48)37(35)46)32-21-15-22-33(44)34(32)29-17-11-7-8-12-18-29/h7,9-11,13-17,19-22,26,44-49H,3,8,23-25H2,1-2,4-6H3/b13-9-,16-10-. The van der Waals surface area contributed by atoms with E-state index < -0.39 is 39.8 Å². The molecule has 0 spiro atoms. The highest BCUT2D eigenvalue weighted by Crippen LogP contribution is 2.60. The zero-order valence-electron chi connectivity index (χ0n) is 28.7. The van der Waals surface area contributed by atoms with Crippen molar-refractivity contribution >= 4 is 22.6 Å². The summed E-state index contributed by atoms with van der Waals surface area (Å²) in [7, 11) is 0. The molecule has 0 radical (unpaired) electrons. The summed E-state index contributed by atoms with van der Waals surface area (Å²) in [6.45, 7) is 15.5. The van der Waals surface area contributed by atoms with Crippen molar-refractivity contribution in [3.05, 3.63) is 108 Å². The van der Waals surface area contributed by atoms with Crippen LogP contribution in [0.3, 0.4) is 0 Å². The highest BCUT2D eigenvalue weighted by Gasteiger charge is 2.42. The number of hydrogen-bond acceptors (Lipinski definition) is 7. The summed E-state index contributed by atoms with van der Waals surface area (Å²) in [5.74, 6) is 1.53. The molecule has 7 heteroatoms. The number of aromatic hydroxyl groups is 6. The maximum absolute atomic E-state index is 11.4. The first-order valence-electron chi connectivity index (χ1n) is 16.5. The smallest absolute Gasteiger partial charge is 0.208 e. The van der Waals surface area contributed by atoms with E-state index in [4.69, 9.17) is 0 Å². The van der Waals surface area contributed by atoms with E-state index in [9.17, 15) is 30.6 Å². The van der Waals surface area contributed by atoms with Crippen LogP contribution in [0, 0.1) is 30.1 Å². The molecule has 0 aromatic heterocycles. The van der Waals surface area contributed by atoms with Crippen molar-refractivity contribution in [1.82, 2.24) is 0 Å². The Hall–Kier alpha value is -5.48. The molecule has 2 aliphatic carbocycles. The van der Waals surface area contributed by atoms with Gasteiger partial charge in [-0.3, -0.25) is 0 Å². The second kappa shape index (κ2) is 13.6. The number of anilines is 3. The van der Waals surface area contributed by atoms with E-state index in [1.54, 1.807) is 18.2 Å². The Morgan fingerprint density at radius 1 is 0.837 bits per heavy atom. The lowest BCUT2D eigenvalue weighted by Crippen LogP contribution is -2.36. The third-order valence-corrected chi connectivity index (χ3v) is 9.37. The first-order valence-corrected chi connectivity index (χ1v) is 16.5. The van der Waals surface area contributed by atoms with Crippen LogP contribution in [-0.4, -0.2) is 30.6 Å². The molecule has 0 bridgehead atoms. The SMILES string of the molecule is C=C1/C=C\C=C/CC(C)(C)CC1(CC(C)C)c1cccc(N(c2cccc(O)c2C2=CC=CCC#C2)c2c(O)c(O)c(O)c(O)c2O)c1C. The van der Waals surface area contributed by atoms with Crippen LogP contribution >= 0.6 is 0 Å². The molecule has 3 aromatic carbocycles. The number of benzene rings is 3. The van der Waals surface area contributed by atoms with Crippen molar-refractivity contribution in [2.45, 2.75) is 65.7 Å². The Labute approximate surface area is 288 Å². The second-order valence-electron chi connectivity index (χ2n) is 14.1. The van der Waals surface area contributed by atoms with E-state index in [2.05, 4.69) is 70.4 Å². The van der Waals surface area contributed by atoms with Crippen LogP contribution < -0.4 is 4.90 Å². The Bertz CT molecular complexity index is 1950. The average Bonchev–Trinajstić information content (AvgIpc) is 3.31. The van der Waals surface area contributed by atoms with E-state index in [0.717, 1.165) is 36.0 Å². The second-order valence-corrected chi connectivity index (χ2v) is 14.1. The number of phenolic OH excluding ortho intramolecular Hbond substituents is 6. The van der Waals surface area contributed by atoms with Gasteiger partial charge in [-0.25, -0.2) is 0 Å². The third-order valence-electron chi connectivity index (χ3n) is 9.37.